The number of anilines is 3. The number of hydrogen-bond acceptors (Lipinski definition) is 2. The van der Waals surface area contributed by atoms with Crippen molar-refractivity contribution in [2.45, 2.75) is 20.8 Å². The molecule has 0 saturated carbocycles. The molecule has 6 heteroatoms. The molecule has 0 aliphatic heterocycles. The van der Waals surface area contributed by atoms with Crippen LogP contribution in [0.2, 0.25) is 0 Å². The van der Waals surface area contributed by atoms with E-state index in [1.807, 2.05) is 59.3 Å². The molecule has 5 aromatic carbocycles. The Morgan fingerprint density at radius 1 is 0.717 bits per heavy atom. The van der Waals surface area contributed by atoms with Gasteiger partial charge < -0.3 is 9.47 Å². The topological polar surface area (TPSA) is 30.9 Å². The van der Waals surface area contributed by atoms with Crippen LogP contribution in [0.25, 0.3) is 44.3 Å². The number of imidazole rings is 1. The van der Waals surface area contributed by atoms with Crippen LogP contribution in [-0.2, 0) is 28.0 Å². The van der Waals surface area contributed by atoms with Crippen LogP contribution < -0.4 is 4.90 Å². The van der Waals surface area contributed by atoms with Crippen molar-refractivity contribution in [1.82, 2.24) is 18.7 Å². The summed E-state index contributed by atoms with van der Waals surface area (Å²) >= 11 is 0. The zero-order chi connectivity index (χ0) is 33.2. The van der Waals surface area contributed by atoms with Gasteiger partial charge in [-0.05, 0) is 73.2 Å². The predicted molar refractivity (Wildman–Crippen MR) is 185 cm³/mol. The molecule has 0 fully saturated rings. The van der Waals surface area contributed by atoms with Crippen molar-refractivity contribution in [2.75, 3.05) is 4.90 Å². The number of pyridine rings is 1. The van der Waals surface area contributed by atoms with Gasteiger partial charge in [-0.15, -0.1) is 29.7 Å². The third-order valence-electron chi connectivity index (χ3n) is 8.50. The molecule has 0 aliphatic rings. The fourth-order valence-corrected chi connectivity index (χ4v) is 6.44. The third-order valence-corrected chi connectivity index (χ3v) is 8.50. The Labute approximate surface area is 287 Å². The Balaban J connectivity index is 0.00000378. The second-order valence-corrected chi connectivity index (χ2v) is 11.5. The molecule has 46 heavy (non-hydrogen) atoms. The summed E-state index contributed by atoms with van der Waals surface area (Å²) in [6, 6.07) is 44.0. The van der Waals surface area contributed by atoms with Gasteiger partial charge >= 0.3 is 0 Å². The summed E-state index contributed by atoms with van der Waals surface area (Å²) < 4.78 is 29.9. The average molecular weight is 781 g/mol. The van der Waals surface area contributed by atoms with Crippen molar-refractivity contribution in [2.24, 2.45) is 6.98 Å². The number of para-hydroxylation sites is 4. The maximum Gasteiger partial charge on any atom is 0.188 e. The Kier molecular flexibility index (Phi) is 6.70. The Morgan fingerprint density at radius 2 is 1.43 bits per heavy atom. The molecule has 0 aliphatic carbocycles. The molecule has 8 rings (SSSR count). The molecule has 3 heterocycles. The fourth-order valence-electron chi connectivity index (χ4n) is 6.44. The van der Waals surface area contributed by atoms with E-state index in [1.54, 1.807) is 6.33 Å². The van der Waals surface area contributed by atoms with Crippen LogP contribution in [0.3, 0.4) is 0 Å². The smallest absolute Gasteiger partial charge is 0.188 e. The summed E-state index contributed by atoms with van der Waals surface area (Å²) in [5.41, 5.74) is 10.1. The summed E-state index contributed by atoms with van der Waals surface area (Å²) in [6.07, 6.45) is 3.49. The van der Waals surface area contributed by atoms with E-state index in [4.69, 9.17) is 9.10 Å². The van der Waals surface area contributed by atoms with Gasteiger partial charge in [-0.2, -0.15) is 12.1 Å². The summed E-state index contributed by atoms with van der Waals surface area (Å²) in [5.74, 6) is 0.837. The molecule has 0 radical (unpaired) electrons. The van der Waals surface area contributed by atoms with E-state index in [2.05, 4.69) is 103 Å². The molecule has 0 amide bonds. The summed E-state index contributed by atoms with van der Waals surface area (Å²) in [7, 11) is 0. The van der Waals surface area contributed by atoms with Crippen molar-refractivity contribution in [3.8, 4) is 11.5 Å². The first-order valence-corrected chi connectivity index (χ1v) is 15.0. The minimum atomic E-state index is -2.33. The molecule has 228 valence electrons. The first-order chi connectivity index (χ1) is 23.2. The monoisotopic (exact) mass is 780 g/mol. The van der Waals surface area contributed by atoms with Gasteiger partial charge in [0.05, 0.1) is 0 Å². The minimum Gasteiger partial charge on any atom is -0.357 e. The van der Waals surface area contributed by atoms with Crippen LogP contribution in [0.15, 0.2) is 122 Å². The molecule has 8 aromatic rings. The van der Waals surface area contributed by atoms with Gasteiger partial charge in [0.1, 0.15) is 5.82 Å². The molecule has 5 nitrogen and oxygen atoms in total. The zero-order valence-corrected chi connectivity index (χ0v) is 27.9. The Hall–Kier alpha value is -4.99. The quantitative estimate of drug-likeness (QED) is 0.163. The van der Waals surface area contributed by atoms with Crippen molar-refractivity contribution in [1.29, 1.82) is 0 Å². The van der Waals surface area contributed by atoms with E-state index in [1.165, 1.54) is 4.57 Å². The first kappa shape index (κ1) is 26.2. The molecule has 3 aromatic heterocycles. The predicted octanol–water partition coefficient (Wildman–Crippen LogP) is 9.74. The van der Waals surface area contributed by atoms with Gasteiger partial charge in [0.2, 0.25) is 0 Å². The Morgan fingerprint density at radius 3 is 2.22 bits per heavy atom. The summed E-state index contributed by atoms with van der Waals surface area (Å²) in [6.45, 7) is 3.98. The second kappa shape index (κ2) is 11.7. The summed E-state index contributed by atoms with van der Waals surface area (Å²) in [5, 5.41) is 2.22. The van der Waals surface area contributed by atoms with Crippen LogP contribution >= 0.6 is 0 Å². The second-order valence-electron chi connectivity index (χ2n) is 11.5. The largest absolute Gasteiger partial charge is 0.357 e. The van der Waals surface area contributed by atoms with E-state index < -0.39 is 6.98 Å². The van der Waals surface area contributed by atoms with Crippen LogP contribution in [0, 0.1) is 32.9 Å². The molecular formula is C40H32N5Pt-. The number of nitrogens with zero attached hydrogens (tertiary/aromatic N) is 5. The normalized spacial score (nSPS) is 12.5. The molecule has 0 atom stereocenters. The first-order valence-electron chi connectivity index (χ1n) is 16.5. The molecule has 0 N–H and O–H groups in total. The van der Waals surface area contributed by atoms with Crippen LogP contribution in [-0.4, -0.2) is 18.7 Å². The third kappa shape index (κ3) is 4.83. The van der Waals surface area contributed by atoms with Gasteiger partial charge in [0.15, 0.2) is 17.4 Å². The minimum absolute atomic E-state index is 0. The van der Waals surface area contributed by atoms with Gasteiger partial charge in [-0.1, -0.05) is 59.4 Å². The van der Waals surface area contributed by atoms with E-state index in [-0.39, 0.29) is 21.1 Å². The average Bonchev–Trinajstić information content (AvgIpc) is 3.63. The van der Waals surface area contributed by atoms with Gasteiger partial charge in [-0.25, -0.2) is 14.1 Å². The molecule has 0 bridgehead atoms. The molecule has 0 spiro atoms. The molecular weight excluding hydrogens is 746 g/mol. The van der Waals surface area contributed by atoms with Gasteiger partial charge in [0.25, 0.3) is 0 Å². The fraction of sp³-hybridized carbons (Fsp3) is 0.100. The number of hydrogen-bond donors (Lipinski definition) is 0. The number of aryl methyl sites for hydroxylation is 4. The van der Waals surface area contributed by atoms with E-state index >= 15 is 0 Å². The Bertz CT molecular complexity index is 2490. The van der Waals surface area contributed by atoms with Crippen LogP contribution in [0.5, 0.6) is 0 Å². The van der Waals surface area contributed by atoms with Gasteiger partial charge in [0, 0.05) is 67.4 Å². The SMILES string of the molecule is [2H]C([2H])([2H])n1[cH+]n(-c2[c-]c(N(c3[c-]c4c(cc3)c3ccccc3n4-c3cc(C)ccn3)c3c(C)cccc3C)ccc2)c2ccccc21.[Pt]. The van der Waals surface area contributed by atoms with Crippen molar-refractivity contribution < 1.29 is 25.2 Å². The number of aromatic nitrogens is 4. The van der Waals surface area contributed by atoms with E-state index in [0.29, 0.717) is 5.52 Å². The van der Waals surface area contributed by atoms with E-state index in [0.717, 1.165) is 72.6 Å². The maximum atomic E-state index is 8.16. The zero-order valence-electron chi connectivity index (χ0n) is 28.6. The standard InChI is InChI=1S/C40H32N5.Pt/c1-27-21-22-41-39(23-27)45-35-16-6-5-15-33(35)34-20-19-32(25-38(34)45)44(40-28(2)11-9-12-29(40)3)31-14-10-13-30(24-31)43-26-42(4)36-17-7-8-18-37(36)43;/h5-23,26H,1-4H3;/q-1;/i4D3;. The number of rotatable bonds is 5. The molecule has 0 saturated heterocycles. The molecule has 0 unspecified atom stereocenters. The van der Waals surface area contributed by atoms with Crippen LogP contribution in [0.4, 0.5) is 17.1 Å². The van der Waals surface area contributed by atoms with Crippen molar-refractivity contribution >= 4 is 49.9 Å². The van der Waals surface area contributed by atoms with Crippen molar-refractivity contribution in [3.05, 3.63) is 151 Å². The number of benzene rings is 5. The van der Waals surface area contributed by atoms with Crippen LogP contribution in [0.1, 0.15) is 20.8 Å². The maximum absolute atomic E-state index is 8.16. The summed E-state index contributed by atoms with van der Waals surface area (Å²) in [4.78, 5) is 6.97. The number of fused-ring (bicyclic) bond motifs is 4. The van der Waals surface area contributed by atoms with E-state index in [9.17, 15) is 0 Å². The van der Waals surface area contributed by atoms with Gasteiger partial charge in [-0.3, -0.25) is 0 Å². The van der Waals surface area contributed by atoms with Crippen molar-refractivity contribution in [3.63, 3.8) is 0 Å².